The Morgan fingerprint density at radius 1 is 0.903 bits per heavy atom. The maximum atomic E-state index is 12.3. The van der Waals surface area contributed by atoms with Crippen LogP contribution in [0.15, 0.2) is 42.6 Å². The third kappa shape index (κ3) is 9.86. The fourth-order valence-corrected chi connectivity index (χ4v) is 3.80. The molecular formula is C27H38ClNO2. The fraction of sp³-hybridized carbons (Fsp3) is 0.556. The van der Waals surface area contributed by atoms with Crippen molar-refractivity contribution >= 4 is 17.6 Å². The Hall–Kier alpha value is -1.87. The molecule has 0 aliphatic carbocycles. The second-order valence-corrected chi connectivity index (χ2v) is 8.96. The van der Waals surface area contributed by atoms with Crippen LogP contribution in [0.25, 0.3) is 11.3 Å². The van der Waals surface area contributed by atoms with Crippen molar-refractivity contribution in [1.29, 1.82) is 0 Å². The number of carbonyl (C=O) groups excluding carboxylic acids is 1. The highest BCUT2D eigenvalue weighted by atomic mass is 35.5. The lowest BCUT2D eigenvalue weighted by atomic mass is 10.1. The van der Waals surface area contributed by atoms with Gasteiger partial charge < -0.3 is 4.74 Å². The number of alkyl halides is 1. The number of carbonyl (C=O) groups is 1. The third-order valence-corrected chi connectivity index (χ3v) is 5.92. The quantitative estimate of drug-likeness (QED) is 0.159. The molecule has 0 unspecified atom stereocenters. The molecule has 0 N–H and O–H groups in total. The van der Waals surface area contributed by atoms with Crippen molar-refractivity contribution in [2.45, 2.75) is 89.9 Å². The van der Waals surface area contributed by atoms with Crippen LogP contribution in [0, 0.1) is 0 Å². The van der Waals surface area contributed by atoms with Crippen molar-refractivity contribution in [2.75, 3.05) is 6.61 Å². The number of nitrogens with zero attached hydrogens (tertiary/aromatic N) is 1. The van der Waals surface area contributed by atoms with Gasteiger partial charge in [-0.3, -0.25) is 4.98 Å². The first kappa shape index (κ1) is 25.4. The number of ether oxygens (including phenoxy) is 1. The van der Waals surface area contributed by atoms with Gasteiger partial charge in [-0.25, -0.2) is 4.79 Å². The first-order chi connectivity index (χ1) is 15.1. The van der Waals surface area contributed by atoms with Crippen molar-refractivity contribution in [3.05, 3.63) is 53.7 Å². The van der Waals surface area contributed by atoms with Crippen molar-refractivity contribution in [1.82, 2.24) is 4.98 Å². The maximum absolute atomic E-state index is 12.3. The van der Waals surface area contributed by atoms with E-state index in [0.717, 1.165) is 30.5 Å². The number of pyridine rings is 1. The van der Waals surface area contributed by atoms with Crippen LogP contribution in [-0.2, 0) is 11.2 Å². The van der Waals surface area contributed by atoms with Gasteiger partial charge in [-0.2, -0.15) is 0 Å². The number of benzene rings is 1. The molecule has 0 aliphatic rings. The van der Waals surface area contributed by atoms with E-state index in [9.17, 15) is 4.79 Å². The number of unbranched alkanes of at least 4 members (excludes halogenated alkanes) is 7. The monoisotopic (exact) mass is 443 g/mol. The van der Waals surface area contributed by atoms with Gasteiger partial charge in [0.1, 0.15) is 6.61 Å². The van der Waals surface area contributed by atoms with Gasteiger partial charge in [-0.1, -0.05) is 83.4 Å². The van der Waals surface area contributed by atoms with E-state index in [-0.39, 0.29) is 18.0 Å². The molecule has 1 atom stereocenters. The highest BCUT2D eigenvalue weighted by molar-refractivity contribution is 6.20. The topological polar surface area (TPSA) is 39.2 Å². The molecule has 0 amide bonds. The van der Waals surface area contributed by atoms with Crippen molar-refractivity contribution in [2.24, 2.45) is 0 Å². The largest absolute Gasteiger partial charge is 0.461 e. The van der Waals surface area contributed by atoms with E-state index in [1.165, 1.54) is 56.9 Å². The van der Waals surface area contributed by atoms with Gasteiger partial charge in [0.15, 0.2) is 0 Å². The molecule has 0 fully saturated rings. The number of aromatic nitrogens is 1. The summed E-state index contributed by atoms with van der Waals surface area (Å²) in [5.41, 5.74) is 3.74. The second kappa shape index (κ2) is 15.0. The summed E-state index contributed by atoms with van der Waals surface area (Å²) in [6, 6.07) is 11.6. The smallest absolute Gasteiger partial charge is 0.338 e. The zero-order valence-electron chi connectivity index (χ0n) is 19.2. The van der Waals surface area contributed by atoms with Gasteiger partial charge in [0.25, 0.3) is 0 Å². The normalized spacial score (nSPS) is 12.0. The van der Waals surface area contributed by atoms with E-state index in [2.05, 4.69) is 31.0 Å². The molecule has 1 heterocycles. The SMILES string of the molecule is CCCCCCC[C@H](Cl)COC(=O)c1ccc(-c2ccc(CCCCCC)cn2)cc1. The minimum atomic E-state index is -0.321. The van der Waals surface area contributed by atoms with Crippen LogP contribution in [0.4, 0.5) is 0 Å². The molecule has 2 aromatic rings. The lowest BCUT2D eigenvalue weighted by molar-refractivity contribution is 0.0501. The predicted molar refractivity (Wildman–Crippen MR) is 131 cm³/mol. The van der Waals surface area contributed by atoms with Crippen LogP contribution < -0.4 is 0 Å². The van der Waals surface area contributed by atoms with Gasteiger partial charge >= 0.3 is 5.97 Å². The van der Waals surface area contributed by atoms with Gasteiger partial charge in [-0.05, 0) is 43.0 Å². The molecular weight excluding hydrogens is 406 g/mol. The zero-order chi connectivity index (χ0) is 22.3. The lowest BCUT2D eigenvalue weighted by Crippen LogP contribution is -2.14. The Labute approximate surface area is 193 Å². The highest BCUT2D eigenvalue weighted by Crippen LogP contribution is 2.19. The van der Waals surface area contributed by atoms with Gasteiger partial charge in [0.05, 0.1) is 16.6 Å². The van der Waals surface area contributed by atoms with Gasteiger partial charge in [0.2, 0.25) is 0 Å². The van der Waals surface area contributed by atoms with Crippen molar-refractivity contribution in [3.63, 3.8) is 0 Å². The summed E-state index contributed by atoms with van der Waals surface area (Å²) < 4.78 is 5.40. The van der Waals surface area contributed by atoms with Crippen LogP contribution in [0.3, 0.4) is 0 Å². The molecule has 0 spiro atoms. The summed E-state index contributed by atoms with van der Waals surface area (Å²) in [4.78, 5) is 16.9. The Bertz CT molecular complexity index is 743. The van der Waals surface area contributed by atoms with Gasteiger partial charge in [-0.15, -0.1) is 11.6 Å². The molecule has 4 heteroatoms. The van der Waals surface area contributed by atoms with Crippen LogP contribution in [0.5, 0.6) is 0 Å². The molecule has 0 saturated carbocycles. The molecule has 2 rings (SSSR count). The Morgan fingerprint density at radius 3 is 2.23 bits per heavy atom. The van der Waals surface area contributed by atoms with Gasteiger partial charge in [0, 0.05) is 11.8 Å². The van der Waals surface area contributed by atoms with Crippen LogP contribution in [-0.4, -0.2) is 22.9 Å². The minimum absolute atomic E-state index is 0.116. The Kier molecular flexibility index (Phi) is 12.3. The highest BCUT2D eigenvalue weighted by Gasteiger charge is 2.12. The molecule has 31 heavy (non-hydrogen) atoms. The van der Waals surface area contributed by atoms with E-state index in [0.29, 0.717) is 5.56 Å². The number of aryl methyl sites for hydroxylation is 1. The summed E-state index contributed by atoms with van der Waals surface area (Å²) in [7, 11) is 0. The maximum Gasteiger partial charge on any atom is 0.338 e. The molecule has 0 radical (unpaired) electrons. The first-order valence-corrected chi connectivity index (χ1v) is 12.4. The van der Waals surface area contributed by atoms with E-state index in [4.69, 9.17) is 16.3 Å². The summed E-state index contributed by atoms with van der Waals surface area (Å²) in [6.45, 7) is 4.70. The van der Waals surface area contributed by atoms with Crippen LogP contribution in [0.1, 0.15) is 94.0 Å². The molecule has 0 aliphatic heterocycles. The average Bonchev–Trinajstić information content (AvgIpc) is 2.81. The summed E-state index contributed by atoms with van der Waals surface area (Å²) in [5.74, 6) is -0.321. The fourth-order valence-electron chi connectivity index (χ4n) is 3.58. The van der Waals surface area contributed by atoms with E-state index in [1.54, 1.807) is 12.1 Å². The Morgan fingerprint density at radius 2 is 1.58 bits per heavy atom. The third-order valence-electron chi connectivity index (χ3n) is 5.58. The van der Waals surface area contributed by atoms with E-state index >= 15 is 0 Å². The molecule has 3 nitrogen and oxygen atoms in total. The zero-order valence-corrected chi connectivity index (χ0v) is 20.0. The minimum Gasteiger partial charge on any atom is -0.461 e. The summed E-state index contributed by atoms with van der Waals surface area (Å²) in [5, 5.41) is -0.116. The molecule has 1 aromatic heterocycles. The average molecular weight is 444 g/mol. The molecule has 0 saturated heterocycles. The Balaban J connectivity index is 1.77. The predicted octanol–water partition coefficient (Wildman–Crippen LogP) is 8.00. The van der Waals surface area contributed by atoms with E-state index < -0.39 is 0 Å². The number of hydrogen-bond donors (Lipinski definition) is 0. The first-order valence-electron chi connectivity index (χ1n) is 12.0. The van der Waals surface area contributed by atoms with Crippen molar-refractivity contribution in [3.8, 4) is 11.3 Å². The summed E-state index contributed by atoms with van der Waals surface area (Å²) in [6.07, 6.45) is 15.0. The van der Waals surface area contributed by atoms with Crippen molar-refractivity contribution < 1.29 is 9.53 Å². The number of halogens is 1. The lowest BCUT2D eigenvalue weighted by Gasteiger charge is -2.11. The number of hydrogen-bond acceptors (Lipinski definition) is 3. The van der Waals surface area contributed by atoms with Crippen LogP contribution in [0.2, 0.25) is 0 Å². The van der Waals surface area contributed by atoms with E-state index in [1.807, 2.05) is 18.3 Å². The molecule has 1 aromatic carbocycles. The number of rotatable bonds is 15. The standard InChI is InChI=1S/C27H38ClNO2/c1-3-5-7-9-11-13-25(28)21-31-27(30)24-17-15-23(16-18-24)26-19-14-22(20-29-26)12-10-8-6-4-2/h14-20,25H,3-13,21H2,1-2H3/t25-/m0/s1. The molecule has 0 bridgehead atoms. The number of esters is 1. The summed E-state index contributed by atoms with van der Waals surface area (Å²) >= 11 is 6.30. The molecule has 170 valence electrons. The second-order valence-electron chi connectivity index (χ2n) is 8.34. The van der Waals surface area contributed by atoms with Crippen LogP contribution >= 0.6 is 11.6 Å².